The second-order valence-corrected chi connectivity index (χ2v) is 3.03. The van der Waals surface area contributed by atoms with Gasteiger partial charge in [0.2, 0.25) is 0 Å². The first-order chi connectivity index (χ1) is 5.66. The summed E-state index contributed by atoms with van der Waals surface area (Å²) in [5, 5.41) is 29.2. The first kappa shape index (κ1) is 11.8. The molecule has 0 aromatic heterocycles. The van der Waals surface area contributed by atoms with Crippen LogP contribution in [0.25, 0.3) is 0 Å². The van der Waals surface area contributed by atoms with Crippen molar-refractivity contribution in [2.75, 3.05) is 19.7 Å². The Morgan fingerprint density at radius 3 is 2.50 bits per heavy atom. The number of nitrogens with one attached hydrogen (secondary N) is 1. The molecule has 0 radical (unpaired) electrons. The second kappa shape index (κ2) is 7.49. The van der Waals surface area contributed by atoms with Gasteiger partial charge in [0.1, 0.15) is 0 Å². The van der Waals surface area contributed by atoms with Crippen LogP contribution in [0.1, 0.15) is 19.8 Å². The van der Waals surface area contributed by atoms with E-state index in [1.165, 1.54) is 0 Å². The van der Waals surface area contributed by atoms with Crippen molar-refractivity contribution in [3.63, 3.8) is 0 Å². The molecule has 74 valence electrons. The van der Waals surface area contributed by atoms with E-state index >= 15 is 0 Å². The fourth-order valence-electron chi connectivity index (χ4n) is 0.856. The van der Waals surface area contributed by atoms with Crippen LogP contribution < -0.4 is 5.32 Å². The van der Waals surface area contributed by atoms with Crippen molar-refractivity contribution < 1.29 is 15.3 Å². The van der Waals surface area contributed by atoms with Crippen LogP contribution in [0.5, 0.6) is 0 Å². The number of hydrogen-bond donors (Lipinski definition) is 4. The van der Waals surface area contributed by atoms with Gasteiger partial charge in [-0.3, -0.25) is 0 Å². The Balaban J connectivity index is 3.00. The molecule has 0 aliphatic heterocycles. The lowest BCUT2D eigenvalue weighted by Gasteiger charge is -2.09. The first-order valence-electron chi connectivity index (χ1n) is 4.34. The van der Waals surface area contributed by atoms with E-state index < -0.39 is 6.10 Å². The molecule has 12 heavy (non-hydrogen) atoms. The molecule has 0 bridgehead atoms. The fourth-order valence-corrected chi connectivity index (χ4v) is 0.856. The molecule has 0 aromatic carbocycles. The Hall–Kier alpha value is -0.160. The monoisotopic (exact) mass is 177 g/mol. The van der Waals surface area contributed by atoms with Crippen molar-refractivity contribution >= 4 is 0 Å². The van der Waals surface area contributed by atoms with Crippen LogP contribution in [-0.2, 0) is 0 Å². The molecule has 0 amide bonds. The summed E-state index contributed by atoms with van der Waals surface area (Å²) in [7, 11) is 0. The normalized spacial score (nSPS) is 16.0. The number of aliphatic hydroxyl groups is 3. The van der Waals surface area contributed by atoms with Crippen molar-refractivity contribution in [1.82, 2.24) is 5.32 Å². The summed E-state index contributed by atoms with van der Waals surface area (Å²) < 4.78 is 0. The SMILES string of the molecule is CC(O)CCCNCC(O)CO. The molecule has 0 spiro atoms. The molecule has 0 aliphatic carbocycles. The van der Waals surface area contributed by atoms with Gasteiger partial charge in [0.05, 0.1) is 18.8 Å². The summed E-state index contributed by atoms with van der Waals surface area (Å²) >= 11 is 0. The van der Waals surface area contributed by atoms with Gasteiger partial charge in [-0.2, -0.15) is 0 Å². The largest absolute Gasteiger partial charge is 0.394 e. The van der Waals surface area contributed by atoms with Gasteiger partial charge < -0.3 is 20.6 Å². The molecule has 0 saturated heterocycles. The highest BCUT2D eigenvalue weighted by molar-refractivity contribution is 4.57. The van der Waals surface area contributed by atoms with Crippen LogP contribution in [0.15, 0.2) is 0 Å². The highest BCUT2D eigenvalue weighted by Gasteiger charge is 2.00. The number of aliphatic hydroxyl groups excluding tert-OH is 3. The first-order valence-corrected chi connectivity index (χ1v) is 4.34. The molecule has 0 aliphatic rings. The Morgan fingerprint density at radius 2 is 2.00 bits per heavy atom. The minimum atomic E-state index is -0.670. The molecule has 2 atom stereocenters. The lowest BCUT2D eigenvalue weighted by atomic mass is 10.2. The quantitative estimate of drug-likeness (QED) is 0.380. The maximum Gasteiger partial charge on any atom is 0.0894 e. The molecular formula is C8H19NO3. The van der Waals surface area contributed by atoms with E-state index in [-0.39, 0.29) is 12.7 Å². The van der Waals surface area contributed by atoms with E-state index in [9.17, 15) is 0 Å². The molecular weight excluding hydrogens is 158 g/mol. The summed E-state index contributed by atoms with van der Waals surface area (Å²) in [6, 6.07) is 0. The third-order valence-electron chi connectivity index (χ3n) is 1.57. The van der Waals surface area contributed by atoms with Crippen LogP contribution in [0.2, 0.25) is 0 Å². The van der Waals surface area contributed by atoms with Gasteiger partial charge in [-0.05, 0) is 26.3 Å². The fraction of sp³-hybridized carbons (Fsp3) is 1.00. The Labute approximate surface area is 73.2 Å². The van der Waals surface area contributed by atoms with E-state index in [1.807, 2.05) is 0 Å². The predicted octanol–water partition coefficient (Wildman–Crippen LogP) is -0.910. The molecule has 0 fully saturated rings. The van der Waals surface area contributed by atoms with Gasteiger partial charge in [-0.25, -0.2) is 0 Å². The van der Waals surface area contributed by atoms with Gasteiger partial charge in [-0.15, -0.1) is 0 Å². The van der Waals surface area contributed by atoms with Crippen LogP contribution in [0.4, 0.5) is 0 Å². The van der Waals surface area contributed by atoms with Crippen LogP contribution in [0.3, 0.4) is 0 Å². The Morgan fingerprint density at radius 1 is 1.33 bits per heavy atom. The van der Waals surface area contributed by atoms with Crippen molar-refractivity contribution in [2.45, 2.75) is 32.0 Å². The smallest absolute Gasteiger partial charge is 0.0894 e. The molecule has 0 rings (SSSR count). The summed E-state index contributed by atoms with van der Waals surface area (Å²) in [5.41, 5.74) is 0. The third kappa shape index (κ3) is 7.94. The summed E-state index contributed by atoms with van der Waals surface area (Å²) in [4.78, 5) is 0. The van der Waals surface area contributed by atoms with Gasteiger partial charge in [0, 0.05) is 6.54 Å². The molecule has 2 unspecified atom stereocenters. The van der Waals surface area contributed by atoms with Crippen molar-refractivity contribution in [3.8, 4) is 0 Å². The molecule has 0 saturated carbocycles. The second-order valence-electron chi connectivity index (χ2n) is 3.03. The Bertz CT molecular complexity index is 98.3. The zero-order valence-corrected chi connectivity index (χ0v) is 7.53. The summed E-state index contributed by atoms with van der Waals surface area (Å²) in [5.74, 6) is 0. The number of hydrogen-bond acceptors (Lipinski definition) is 4. The zero-order chi connectivity index (χ0) is 9.40. The third-order valence-corrected chi connectivity index (χ3v) is 1.57. The molecule has 0 aromatic rings. The van der Waals surface area contributed by atoms with Crippen LogP contribution in [0, 0.1) is 0 Å². The lowest BCUT2D eigenvalue weighted by Crippen LogP contribution is -2.30. The zero-order valence-electron chi connectivity index (χ0n) is 7.53. The van der Waals surface area contributed by atoms with E-state index in [2.05, 4.69) is 5.32 Å². The van der Waals surface area contributed by atoms with E-state index in [1.54, 1.807) is 6.92 Å². The van der Waals surface area contributed by atoms with Crippen molar-refractivity contribution in [1.29, 1.82) is 0 Å². The van der Waals surface area contributed by atoms with Crippen molar-refractivity contribution in [2.24, 2.45) is 0 Å². The Kier molecular flexibility index (Phi) is 7.39. The van der Waals surface area contributed by atoms with Gasteiger partial charge in [-0.1, -0.05) is 0 Å². The van der Waals surface area contributed by atoms with E-state index in [0.29, 0.717) is 6.54 Å². The maximum absolute atomic E-state index is 8.90. The molecule has 4 nitrogen and oxygen atoms in total. The molecule has 4 heteroatoms. The van der Waals surface area contributed by atoms with E-state index in [4.69, 9.17) is 15.3 Å². The minimum absolute atomic E-state index is 0.205. The average molecular weight is 177 g/mol. The van der Waals surface area contributed by atoms with Gasteiger partial charge in [0.25, 0.3) is 0 Å². The van der Waals surface area contributed by atoms with Crippen molar-refractivity contribution in [3.05, 3.63) is 0 Å². The highest BCUT2D eigenvalue weighted by Crippen LogP contribution is 1.93. The van der Waals surface area contributed by atoms with Gasteiger partial charge in [0.15, 0.2) is 0 Å². The minimum Gasteiger partial charge on any atom is -0.394 e. The highest BCUT2D eigenvalue weighted by atomic mass is 16.3. The predicted molar refractivity (Wildman–Crippen MR) is 46.9 cm³/mol. The van der Waals surface area contributed by atoms with Crippen LogP contribution in [-0.4, -0.2) is 47.2 Å². The van der Waals surface area contributed by atoms with Crippen LogP contribution >= 0.6 is 0 Å². The molecule has 0 heterocycles. The topological polar surface area (TPSA) is 72.7 Å². The summed E-state index contributed by atoms with van der Waals surface area (Å²) in [6.45, 7) is 2.73. The van der Waals surface area contributed by atoms with Gasteiger partial charge >= 0.3 is 0 Å². The summed E-state index contributed by atoms with van der Waals surface area (Å²) in [6.07, 6.45) is 0.726. The molecule has 4 N–H and O–H groups in total. The average Bonchev–Trinajstić information content (AvgIpc) is 2.03. The maximum atomic E-state index is 8.90. The number of rotatable bonds is 7. The van der Waals surface area contributed by atoms with E-state index in [0.717, 1.165) is 19.4 Å². The lowest BCUT2D eigenvalue weighted by molar-refractivity contribution is 0.0941. The standard InChI is InChI=1S/C8H19NO3/c1-7(11)3-2-4-9-5-8(12)6-10/h7-12H,2-6H2,1H3.